The van der Waals surface area contributed by atoms with Crippen LogP contribution in [-0.2, 0) is 9.53 Å². The molecule has 1 aromatic carbocycles. The molecule has 30 heavy (non-hydrogen) atoms. The second kappa shape index (κ2) is 8.78. The van der Waals surface area contributed by atoms with Crippen molar-refractivity contribution in [3.63, 3.8) is 0 Å². The van der Waals surface area contributed by atoms with Crippen LogP contribution >= 0.6 is 22.9 Å². The Morgan fingerprint density at radius 3 is 2.77 bits per heavy atom. The van der Waals surface area contributed by atoms with E-state index in [0.717, 1.165) is 57.2 Å². The van der Waals surface area contributed by atoms with Gasteiger partial charge in [0.25, 0.3) is 0 Å². The van der Waals surface area contributed by atoms with E-state index in [1.165, 1.54) is 0 Å². The molecule has 0 bridgehead atoms. The van der Waals surface area contributed by atoms with Crippen LogP contribution in [0.1, 0.15) is 24.6 Å². The Kier molecular flexibility index (Phi) is 6.11. The highest BCUT2D eigenvalue weighted by atomic mass is 35.5. The van der Waals surface area contributed by atoms with Crippen LogP contribution in [-0.4, -0.2) is 42.7 Å². The fourth-order valence-corrected chi connectivity index (χ4v) is 5.28. The van der Waals surface area contributed by atoms with Crippen LogP contribution < -0.4 is 9.64 Å². The van der Waals surface area contributed by atoms with Gasteiger partial charge >= 0.3 is 5.97 Å². The maximum atomic E-state index is 12.3. The number of rotatable bonds is 5. The Morgan fingerprint density at radius 2 is 2.07 bits per heavy atom. The lowest BCUT2D eigenvalue weighted by Gasteiger charge is -2.33. The van der Waals surface area contributed by atoms with Crippen LogP contribution in [0.5, 0.6) is 5.75 Å². The minimum atomic E-state index is -0.161. The molecule has 0 radical (unpaired) electrons. The van der Waals surface area contributed by atoms with Gasteiger partial charge in [-0.15, -0.1) is 11.3 Å². The molecule has 0 N–H and O–H groups in total. The van der Waals surface area contributed by atoms with Crippen LogP contribution in [0.25, 0.3) is 21.3 Å². The predicted molar refractivity (Wildman–Crippen MR) is 121 cm³/mol. The third kappa shape index (κ3) is 3.96. The van der Waals surface area contributed by atoms with Gasteiger partial charge in [-0.1, -0.05) is 12.1 Å². The maximum Gasteiger partial charge on any atom is 0.310 e. The molecule has 0 amide bonds. The van der Waals surface area contributed by atoms with Gasteiger partial charge in [0, 0.05) is 23.5 Å². The molecule has 1 fully saturated rings. The molecule has 3 aromatic rings. The van der Waals surface area contributed by atoms with Crippen LogP contribution in [0.4, 0.5) is 5.82 Å². The molecule has 0 aliphatic carbocycles. The highest BCUT2D eigenvalue weighted by Gasteiger charge is 2.30. The third-order valence-corrected chi connectivity index (χ3v) is 6.57. The van der Waals surface area contributed by atoms with E-state index in [1.807, 2.05) is 31.2 Å². The van der Waals surface area contributed by atoms with E-state index in [4.69, 9.17) is 21.1 Å². The molecule has 1 aliphatic rings. The number of carbonyl (C=O) groups excluding carboxylic acids is 1. The molecule has 1 saturated heterocycles. The zero-order valence-corrected chi connectivity index (χ0v) is 18.8. The molecular weight excluding hydrogens is 422 g/mol. The minimum Gasteiger partial charge on any atom is -0.497 e. The molecule has 8 heteroatoms. The van der Waals surface area contributed by atoms with Crippen molar-refractivity contribution < 1.29 is 14.3 Å². The highest BCUT2D eigenvalue weighted by Crippen LogP contribution is 2.43. The molecule has 158 valence electrons. The molecule has 0 spiro atoms. The standard InChI is InChI=1S/C22H24ClN3O3S/c1-4-29-21(27)15-6-5-11-26(12-15)19-18-17(14-7-9-16(28-3)10-8-14)13(2)30-20(18)25-22(23)24-19/h7-10,15H,4-6,11-12H2,1-3H3. The Bertz CT molecular complexity index is 1070. The van der Waals surface area contributed by atoms with Gasteiger partial charge in [-0.2, -0.15) is 4.98 Å². The number of anilines is 1. The lowest BCUT2D eigenvalue weighted by atomic mass is 9.97. The molecule has 3 heterocycles. The smallest absolute Gasteiger partial charge is 0.310 e. The number of aromatic nitrogens is 2. The number of aryl methyl sites for hydroxylation is 1. The van der Waals surface area contributed by atoms with Gasteiger partial charge in [-0.25, -0.2) is 4.98 Å². The van der Waals surface area contributed by atoms with Crippen molar-refractivity contribution in [3.05, 3.63) is 34.4 Å². The number of nitrogens with zero attached hydrogens (tertiary/aromatic N) is 3. The minimum absolute atomic E-state index is 0.143. The summed E-state index contributed by atoms with van der Waals surface area (Å²) in [6.45, 7) is 5.69. The number of esters is 1. The van der Waals surface area contributed by atoms with E-state index in [9.17, 15) is 4.79 Å². The number of hydrogen-bond acceptors (Lipinski definition) is 7. The van der Waals surface area contributed by atoms with Gasteiger partial charge in [0.05, 0.1) is 25.0 Å². The number of carbonyl (C=O) groups is 1. The highest BCUT2D eigenvalue weighted by molar-refractivity contribution is 7.19. The summed E-state index contributed by atoms with van der Waals surface area (Å²) < 4.78 is 10.6. The van der Waals surface area contributed by atoms with Crippen LogP contribution in [0.3, 0.4) is 0 Å². The first kappa shape index (κ1) is 20.9. The first-order chi connectivity index (χ1) is 14.5. The van der Waals surface area contributed by atoms with Gasteiger partial charge in [-0.05, 0) is 56.0 Å². The maximum absolute atomic E-state index is 12.3. The van der Waals surface area contributed by atoms with Gasteiger partial charge in [0.15, 0.2) is 0 Å². The number of halogens is 1. The number of hydrogen-bond donors (Lipinski definition) is 0. The molecule has 1 aliphatic heterocycles. The monoisotopic (exact) mass is 445 g/mol. The summed E-state index contributed by atoms with van der Waals surface area (Å²) >= 11 is 7.89. The summed E-state index contributed by atoms with van der Waals surface area (Å²) in [5, 5.41) is 1.20. The van der Waals surface area contributed by atoms with E-state index in [-0.39, 0.29) is 17.2 Å². The van der Waals surface area contributed by atoms with Crippen molar-refractivity contribution in [2.24, 2.45) is 5.92 Å². The van der Waals surface area contributed by atoms with E-state index in [2.05, 4.69) is 21.8 Å². The Morgan fingerprint density at radius 1 is 1.30 bits per heavy atom. The summed E-state index contributed by atoms with van der Waals surface area (Å²) in [5.41, 5.74) is 2.17. The number of ether oxygens (including phenoxy) is 2. The van der Waals surface area contributed by atoms with Crippen molar-refractivity contribution >= 4 is 44.9 Å². The second-order valence-electron chi connectivity index (χ2n) is 7.30. The average Bonchev–Trinajstić information content (AvgIpc) is 3.08. The number of thiophene rings is 1. The number of methoxy groups -OCH3 is 1. The summed E-state index contributed by atoms with van der Waals surface area (Å²) in [6, 6.07) is 7.99. The number of benzene rings is 1. The van der Waals surface area contributed by atoms with E-state index in [1.54, 1.807) is 18.4 Å². The largest absolute Gasteiger partial charge is 0.497 e. The first-order valence-electron chi connectivity index (χ1n) is 10.0. The Balaban J connectivity index is 1.80. The predicted octanol–water partition coefficient (Wildman–Crippen LogP) is 5.11. The zero-order chi connectivity index (χ0) is 21.3. The normalized spacial score (nSPS) is 16.7. The summed E-state index contributed by atoms with van der Waals surface area (Å²) in [7, 11) is 1.66. The topological polar surface area (TPSA) is 64.5 Å². The lowest BCUT2D eigenvalue weighted by Crippen LogP contribution is -2.40. The number of fused-ring (bicyclic) bond motifs is 1. The van der Waals surface area contributed by atoms with E-state index in [0.29, 0.717) is 13.2 Å². The SMILES string of the molecule is CCOC(=O)C1CCCN(c2nc(Cl)nc3sc(C)c(-c4ccc(OC)cc4)c23)C1. The van der Waals surface area contributed by atoms with Crippen LogP contribution in [0, 0.1) is 12.8 Å². The van der Waals surface area contributed by atoms with Gasteiger partial charge in [-0.3, -0.25) is 4.79 Å². The fraction of sp³-hybridized carbons (Fsp3) is 0.409. The first-order valence-corrected chi connectivity index (χ1v) is 11.2. The molecule has 4 rings (SSSR count). The van der Waals surface area contributed by atoms with Gasteiger partial charge in [0.2, 0.25) is 5.28 Å². The Hall–Kier alpha value is -2.38. The zero-order valence-electron chi connectivity index (χ0n) is 17.3. The van der Waals surface area contributed by atoms with Gasteiger partial charge in [0.1, 0.15) is 16.4 Å². The van der Waals surface area contributed by atoms with E-state index < -0.39 is 0 Å². The van der Waals surface area contributed by atoms with Crippen LogP contribution in [0.2, 0.25) is 5.28 Å². The van der Waals surface area contributed by atoms with Crippen molar-refractivity contribution in [1.29, 1.82) is 0 Å². The summed E-state index contributed by atoms with van der Waals surface area (Å²) in [6.07, 6.45) is 1.72. The van der Waals surface area contributed by atoms with Crippen LogP contribution in [0.15, 0.2) is 24.3 Å². The van der Waals surface area contributed by atoms with Crippen molar-refractivity contribution in [3.8, 4) is 16.9 Å². The van der Waals surface area contributed by atoms with Crippen molar-refractivity contribution in [1.82, 2.24) is 9.97 Å². The molecule has 0 saturated carbocycles. The average molecular weight is 446 g/mol. The summed E-state index contributed by atoms with van der Waals surface area (Å²) in [5.74, 6) is 1.29. The lowest BCUT2D eigenvalue weighted by molar-refractivity contribution is -0.148. The molecule has 1 unspecified atom stereocenters. The van der Waals surface area contributed by atoms with Crippen molar-refractivity contribution in [2.75, 3.05) is 31.7 Å². The summed E-state index contributed by atoms with van der Waals surface area (Å²) in [4.78, 5) is 25.6. The second-order valence-corrected chi connectivity index (χ2v) is 8.84. The third-order valence-electron chi connectivity index (χ3n) is 5.40. The number of piperidine rings is 1. The molecular formula is C22H24ClN3O3S. The molecule has 2 aromatic heterocycles. The van der Waals surface area contributed by atoms with Crippen molar-refractivity contribution in [2.45, 2.75) is 26.7 Å². The molecule has 1 atom stereocenters. The fourth-order valence-electron chi connectivity index (χ4n) is 4.02. The quantitative estimate of drug-likeness (QED) is 0.401. The Labute approximate surface area is 184 Å². The van der Waals surface area contributed by atoms with Gasteiger partial charge < -0.3 is 14.4 Å². The molecule has 6 nitrogen and oxygen atoms in total. The van der Waals surface area contributed by atoms with E-state index >= 15 is 0 Å².